The molecule has 2 rings (SSSR count). The molecule has 2 aromatic rings. The van der Waals surface area contributed by atoms with Gasteiger partial charge in [-0.25, -0.2) is 4.98 Å². The largest absolute Gasteiger partial charge is 0.478 e. The van der Waals surface area contributed by atoms with Gasteiger partial charge in [-0.2, -0.15) is 4.98 Å². The lowest BCUT2D eigenvalue weighted by atomic mass is 10.2. The number of aryl methyl sites for hydroxylation is 1. The summed E-state index contributed by atoms with van der Waals surface area (Å²) in [7, 11) is 0. The zero-order chi connectivity index (χ0) is 13.7. The number of hydrogen-bond acceptors (Lipinski definition) is 4. The third-order valence-electron chi connectivity index (χ3n) is 2.49. The van der Waals surface area contributed by atoms with E-state index >= 15 is 0 Å². The lowest BCUT2D eigenvalue weighted by Gasteiger charge is -2.09. The molecule has 0 aliphatic rings. The lowest BCUT2D eigenvalue weighted by Crippen LogP contribution is -2.01. The molecule has 0 saturated carbocycles. The van der Waals surface area contributed by atoms with Crippen LogP contribution in [0.2, 0.25) is 0 Å². The fraction of sp³-hybridized carbons (Fsp3) is 0.286. The Morgan fingerprint density at radius 1 is 1.21 bits per heavy atom. The van der Waals surface area contributed by atoms with Crippen LogP contribution in [0.25, 0.3) is 0 Å². The van der Waals surface area contributed by atoms with Crippen LogP contribution in [0.1, 0.15) is 18.3 Å². The van der Waals surface area contributed by atoms with Crippen LogP contribution in [-0.2, 0) is 5.88 Å². The molecular weight excluding hydrogens is 262 g/mol. The molecule has 0 bridgehead atoms. The number of rotatable bonds is 5. The van der Waals surface area contributed by atoms with Crippen LogP contribution >= 0.6 is 11.6 Å². The molecule has 5 heteroatoms. The number of ether oxygens (including phenoxy) is 1. The molecule has 0 aliphatic heterocycles. The van der Waals surface area contributed by atoms with Crippen LogP contribution in [0.5, 0.6) is 5.88 Å². The number of nitrogens with zero attached hydrogens (tertiary/aromatic N) is 2. The van der Waals surface area contributed by atoms with Crippen LogP contribution in [0.4, 0.5) is 11.5 Å². The van der Waals surface area contributed by atoms with E-state index in [2.05, 4.69) is 15.3 Å². The summed E-state index contributed by atoms with van der Waals surface area (Å²) in [5, 5.41) is 3.22. The Bertz CT molecular complexity index is 543. The SMILES string of the molecule is CCOc1cc(Nc2ccc(CCl)cc2)nc(C)n1. The van der Waals surface area contributed by atoms with Gasteiger partial charge in [-0.3, -0.25) is 0 Å². The number of alkyl halides is 1. The Hall–Kier alpha value is -1.81. The van der Waals surface area contributed by atoms with Crippen LogP contribution in [0.3, 0.4) is 0 Å². The molecule has 1 heterocycles. The first-order valence-electron chi connectivity index (χ1n) is 6.11. The normalized spacial score (nSPS) is 10.3. The molecular formula is C14H16ClN3O. The number of hydrogen-bond donors (Lipinski definition) is 1. The van der Waals surface area contributed by atoms with E-state index in [4.69, 9.17) is 16.3 Å². The van der Waals surface area contributed by atoms with Gasteiger partial charge in [-0.1, -0.05) is 12.1 Å². The molecule has 0 fully saturated rings. The summed E-state index contributed by atoms with van der Waals surface area (Å²) in [6, 6.07) is 9.68. The molecule has 19 heavy (non-hydrogen) atoms. The van der Waals surface area contributed by atoms with E-state index in [1.165, 1.54) is 0 Å². The first kappa shape index (κ1) is 13.6. The van der Waals surface area contributed by atoms with Gasteiger partial charge in [0.2, 0.25) is 5.88 Å². The van der Waals surface area contributed by atoms with Gasteiger partial charge in [0, 0.05) is 17.6 Å². The minimum atomic E-state index is 0.515. The highest BCUT2D eigenvalue weighted by Gasteiger charge is 2.03. The van der Waals surface area contributed by atoms with Crippen molar-refractivity contribution in [2.45, 2.75) is 19.7 Å². The zero-order valence-electron chi connectivity index (χ0n) is 11.0. The van der Waals surface area contributed by atoms with Crippen molar-refractivity contribution in [2.24, 2.45) is 0 Å². The number of nitrogens with one attached hydrogen (secondary N) is 1. The third kappa shape index (κ3) is 3.83. The summed E-state index contributed by atoms with van der Waals surface area (Å²) < 4.78 is 5.39. The van der Waals surface area contributed by atoms with Crippen molar-refractivity contribution < 1.29 is 4.74 Å². The Balaban J connectivity index is 2.17. The third-order valence-corrected chi connectivity index (χ3v) is 2.80. The molecule has 0 unspecified atom stereocenters. The number of anilines is 2. The molecule has 0 radical (unpaired) electrons. The molecule has 0 atom stereocenters. The van der Waals surface area contributed by atoms with E-state index in [0.29, 0.717) is 24.2 Å². The fourth-order valence-corrected chi connectivity index (χ4v) is 1.83. The quantitative estimate of drug-likeness (QED) is 0.847. The number of aromatic nitrogens is 2. The maximum absolute atomic E-state index is 5.76. The van der Waals surface area contributed by atoms with Gasteiger partial charge in [-0.15, -0.1) is 11.6 Å². The summed E-state index contributed by atoms with van der Waals surface area (Å²) in [6.07, 6.45) is 0. The highest BCUT2D eigenvalue weighted by molar-refractivity contribution is 6.17. The van der Waals surface area contributed by atoms with E-state index < -0.39 is 0 Å². The van der Waals surface area contributed by atoms with Gasteiger partial charge in [0.05, 0.1) is 6.61 Å². The van der Waals surface area contributed by atoms with Gasteiger partial charge < -0.3 is 10.1 Å². The maximum atomic E-state index is 5.76. The minimum absolute atomic E-state index is 0.515. The first-order valence-corrected chi connectivity index (χ1v) is 6.65. The summed E-state index contributed by atoms with van der Waals surface area (Å²) >= 11 is 5.76. The smallest absolute Gasteiger partial charge is 0.218 e. The topological polar surface area (TPSA) is 47.0 Å². The Kier molecular flexibility index (Phi) is 4.58. The van der Waals surface area contributed by atoms with Crippen LogP contribution in [-0.4, -0.2) is 16.6 Å². The predicted molar refractivity (Wildman–Crippen MR) is 77.2 cm³/mol. The predicted octanol–water partition coefficient (Wildman–Crippen LogP) is 3.67. The van der Waals surface area contributed by atoms with Crippen molar-refractivity contribution in [3.8, 4) is 5.88 Å². The monoisotopic (exact) mass is 277 g/mol. The summed E-state index contributed by atoms with van der Waals surface area (Å²) in [5.41, 5.74) is 2.04. The summed E-state index contributed by atoms with van der Waals surface area (Å²) in [6.45, 7) is 4.35. The van der Waals surface area contributed by atoms with Crippen molar-refractivity contribution in [1.29, 1.82) is 0 Å². The van der Waals surface area contributed by atoms with Crippen molar-refractivity contribution >= 4 is 23.1 Å². The maximum Gasteiger partial charge on any atom is 0.218 e. The van der Waals surface area contributed by atoms with Gasteiger partial charge in [0.25, 0.3) is 0 Å². The number of benzene rings is 1. The summed E-state index contributed by atoms with van der Waals surface area (Å²) in [4.78, 5) is 8.53. The molecule has 100 valence electrons. The Morgan fingerprint density at radius 3 is 2.58 bits per heavy atom. The zero-order valence-corrected chi connectivity index (χ0v) is 11.7. The van der Waals surface area contributed by atoms with E-state index in [1.54, 1.807) is 6.07 Å². The van der Waals surface area contributed by atoms with Crippen LogP contribution in [0, 0.1) is 6.92 Å². The average Bonchev–Trinajstić information content (AvgIpc) is 2.39. The second-order valence-corrected chi connectivity index (χ2v) is 4.29. The van der Waals surface area contributed by atoms with Gasteiger partial charge in [0.1, 0.15) is 11.6 Å². The van der Waals surface area contributed by atoms with Crippen LogP contribution < -0.4 is 10.1 Å². The molecule has 4 nitrogen and oxygen atoms in total. The van der Waals surface area contributed by atoms with Gasteiger partial charge in [-0.05, 0) is 31.5 Å². The van der Waals surface area contributed by atoms with E-state index in [-0.39, 0.29) is 0 Å². The lowest BCUT2D eigenvalue weighted by molar-refractivity contribution is 0.325. The molecule has 0 aliphatic carbocycles. The second-order valence-electron chi connectivity index (χ2n) is 4.03. The van der Waals surface area contributed by atoms with E-state index in [1.807, 2.05) is 38.1 Å². The highest BCUT2D eigenvalue weighted by atomic mass is 35.5. The van der Waals surface area contributed by atoms with E-state index in [0.717, 1.165) is 17.1 Å². The van der Waals surface area contributed by atoms with Crippen LogP contribution in [0.15, 0.2) is 30.3 Å². The average molecular weight is 278 g/mol. The molecule has 0 amide bonds. The Labute approximate surface area is 117 Å². The second kappa shape index (κ2) is 6.38. The van der Waals surface area contributed by atoms with Gasteiger partial charge in [0.15, 0.2) is 0 Å². The highest BCUT2D eigenvalue weighted by Crippen LogP contribution is 2.19. The van der Waals surface area contributed by atoms with Crippen molar-refractivity contribution in [1.82, 2.24) is 9.97 Å². The first-order chi connectivity index (χ1) is 9.21. The molecule has 1 aromatic carbocycles. The molecule has 0 saturated heterocycles. The molecule has 0 spiro atoms. The minimum Gasteiger partial charge on any atom is -0.478 e. The van der Waals surface area contributed by atoms with Gasteiger partial charge >= 0.3 is 0 Å². The standard InChI is InChI=1S/C14H16ClN3O/c1-3-19-14-8-13(16-10(2)17-14)18-12-6-4-11(9-15)5-7-12/h4-8H,3,9H2,1-2H3,(H,16,17,18). The van der Waals surface area contributed by atoms with Crippen molar-refractivity contribution in [3.63, 3.8) is 0 Å². The molecule has 1 aromatic heterocycles. The van der Waals surface area contributed by atoms with Crippen molar-refractivity contribution in [3.05, 3.63) is 41.7 Å². The molecule has 1 N–H and O–H groups in total. The summed E-state index contributed by atoms with van der Waals surface area (Å²) in [5.74, 6) is 2.48. The fourth-order valence-electron chi connectivity index (χ4n) is 1.65. The Morgan fingerprint density at radius 2 is 1.95 bits per heavy atom. The number of halogens is 1. The van der Waals surface area contributed by atoms with Crippen molar-refractivity contribution in [2.75, 3.05) is 11.9 Å². The van der Waals surface area contributed by atoms with E-state index in [9.17, 15) is 0 Å².